The van der Waals surface area contributed by atoms with Crippen LogP contribution in [0.4, 0.5) is 5.95 Å². The van der Waals surface area contributed by atoms with Gasteiger partial charge in [-0.2, -0.15) is 0 Å². The second-order valence-electron chi connectivity index (χ2n) is 4.87. The monoisotopic (exact) mass is 341 g/mol. The van der Waals surface area contributed by atoms with Crippen molar-refractivity contribution in [1.29, 1.82) is 0 Å². The summed E-state index contributed by atoms with van der Waals surface area (Å²) in [6, 6.07) is 0. The van der Waals surface area contributed by atoms with Crippen LogP contribution in [0.3, 0.4) is 0 Å². The fourth-order valence-electron chi connectivity index (χ4n) is 2.17. The van der Waals surface area contributed by atoms with Gasteiger partial charge in [0.2, 0.25) is 11.9 Å². The summed E-state index contributed by atoms with van der Waals surface area (Å²) in [5.74, 6) is 0.0367. The Morgan fingerprint density at radius 1 is 1.33 bits per heavy atom. The van der Waals surface area contributed by atoms with Crippen molar-refractivity contribution in [2.45, 2.75) is 52.5 Å². The van der Waals surface area contributed by atoms with Gasteiger partial charge in [-0.15, -0.1) is 10.2 Å². The summed E-state index contributed by atoms with van der Waals surface area (Å²) in [5, 5.41) is 9.94. The highest BCUT2D eigenvalue weighted by Crippen LogP contribution is 2.23. The second-order valence-corrected chi connectivity index (χ2v) is 4.87. The number of carbonyl (C=O) groups excluding carboxylic acids is 2. The van der Waals surface area contributed by atoms with E-state index in [1.807, 2.05) is 13.8 Å². The molecule has 0 bridgehead atoms. The molecule has 24 heavy (non-hydrogen) atoms. The molecular formula is C15H27N5O4. The average Bonchev–Trinajstić information content (AvgIpc) is 2.63. The minimum absolute atomic E-state index is 0.00674. The lowest BCUT2D eigenvalue weighted by atomic mass is 9.89. The van der Waals surface area contributed by atoms with Crippen LogP contribution in [0.2, 0.25) is 0 Å². The molecule has 1 aromatic heterocycles. The molecule has 0 radical (unpaired) electrons. The number of H-pyrrole nitrogens is 1. The van der Waals surface area contributed by atoms with Gasteiger partial charge in [0, 0.05) is 5.92 Å². The fourth-order valence-corrected chi connectivity index (χ4v) is 2.17. The van der Waals surface area contributed by atoms with Crippen molar-refractivity contribution in [2.75, 3.05) is 12.8 Å². The Hall–Kier alpha value is -2.45. The molecule has 2 rings (SSSR count). The third-order valence-corrected chi connectivity index (χ3v) is 3.28. The van der Waals surface area contributed by atoms with Gasteiger partial charge in [0.05, 0.1) is 13.7 Å². The third-order valence-electron chi connectivity index (χ3n) is 3.28. The molecule has 0 atom stereocenters. The first-order chi connectivity index (χ1) is 11.6. The molecule has 9 heteroatoms. The lowest BCUT2D eigenvalue weighted by Crippen LogP contribution is -2.34. The Morgan fingerprint density at radius 2 is 1.92 bits per heavy atom. The van der Waals surface area contributed by atoms with Crippen LogP contribution < -0.4 is 16.6 Å². The number of aromatic nitrogens is 3. The maximum atomic E-state index is 11.9. The fraction of sp³-hybridized carbons (Fsp3) is 0.667. The van der Waals surface area contributed by atoms with Crippen LogP contribution in [0.25, 0.3) is 0 Å². The molecule has 1 aliphatic carbocycles. The van der Waals surface area contributed by atoms with Gasteiger partial charge in [-0.1, -0.05) is 33.1 Å². The molecule has 0 spiro atoms. The standard InChI is InChI=1S/C11H17N5O2.C2H4O2.C2H6/c12-11-14-10(18)8(15-16-11)6-13-9(17)7-4-2-1-3-5-7;1-4-2-3;1-2/h7H,1-6H2,(H,13,17)(H3,12,14,16,18);2H,1H3;1-2H3. The molecule has 1 heterocycles. The number of aromatic amines is 1. The van der Waals surface area contributed by atoms with Gasteiger partial charge >= 0.3 is 0 Å². The molecule has 4 N–H and O–H groups in total. The zero-order valence-electron chi connectivity index (χ0n) is 14.5. The number of amides is 1. The van der Waals surface area contributed by atoms with E-state index in [1.54, 1.807) is 0 Å². The van der Waals surface area contributed by atoms with E-state index in [2.05, 4.69) is 25.2 Å². The Balaban J connectivity index is 0.000000773. The Labute approximate surface area is 141 Å². The number of rotatable bonds is 4. The molecule has 0 unspecified atom stereocenters. The molecule has 136 valence electrons. The number of nitrogens with two attached hydrogens (primary N) is 1. The molecule has 1 amide bonds. The Bertz CT molecular complexity index is 541. The first-order valence-electron chi connectivity index (χ1n) is 8.04. The number of carbonyl (C=O) groups is 2. The highest BCUT2D eigenvalue weighted by Gasteiger charge is 2.21. The molecule has 1 aliphatic rings. The van der Waals surface area contributed by atoms with Crippen molar-refractivity contribution >= 4 is 18.3 Å². The Kier molecular flexibility index (Phi) is 11.7. The van der Waals surface area contributed by atoms with E-state index < -0.39 is 5.56 Å². The molecule has 0 saturated heterocycles. The molecule has 0 aromatic carbocycles. The lowest BCUT2D eigenvalue weighted by molar-refractivity contribution is -0.126. The lowest BCUT2D eigenvalue weighted by Gasteiger charge is -2.20. The summed E-state index contributed by atoms with van der Waals surface area (Å²) in [7, 11) is 1.31. The summed E-state index contributed by atoms with van der Waals surface area (Å²) in [6.45, 7) is 4.47. The number of nitrogens with zero attached hydrogens (tertiary/aromatic N) is 2. The summed E-state index contributed by atoms with van der Waals surface area (Å²) >= 11 is 0. The first-order valence-corrected chi connectivity index (χ1v) is 8.04. The van der Waals surface area contributed by atoms with Gasteiger partial charge in [-0.05, 0) is 12.8 Å². The van der Waals surface area contributed by atoms with E-state index >= 15 is 0 Å². The summed E-state index contributed by atoms with van der Waals surface area (Å²) in [5.41, 5.74) is 5.05. The van der Waals surface area contributed by atoms with Gasteiger partial charge < -0.3 is 15.8 Å². The number of hydrogen-bond donors (Lipinski definition) is 3. The minimum atomic E-state index is -0.411. The second kappa shape index (κ2) is 13.0. The van der Waals surface area contributed by atoms with Crippen molar-refractivity contribution in [3.8, 4) is 0 Å². The van der Waals surface area contributed by atoms with E-state index in [-0.39, 0.29) is 30.0 Å². The predicted octanol–water partition coefficient (Wildman–Crippen LogP) is 0.759. The zero-order chi connectivity index (χ0) is 18.4. The van der Waals surface area contributed by atoms with Crippen LogP contribution in [0, 0.1) is 5.92 Å². The zero-order valence-corrected chi connectivity index (χ0v) is 14.5. The molecule has 1 aromatic rings. The molecule has 1 saturated carbocycles. The van der Waals surface area contributed by atoms with Gasteiger partial charge in [0.25, 0.3) is 12.0 Å². The summed E-state index contributed by atoms with van der Waals surface area (Å²) in [4.78, 5) is 34.6. The Morgan fingerprint density at radius 3 is 2.42 bits per heavy atom. The normalized spacial score (nSPS) is 13.5. The van der Waals surface area contributed by atoms with Crippen molar-refractivity contribution < 1.29 is 14.3 Å². The molecule has 9 nitrogen and oxygen atoms in total. The smallest absolute Gasteiger partial charge is 0.292 e. The number of hydrogen-bond acceptors (Lipinski definition) is 7. The van der Waals surface area contributed by atoms with Crippen LogP contribution in [-0.4, -0.2) is 34.7 Å². The van der Waals surface area contributed by atoms with Crippen LogP contribution in [-0.2, 0) is 20.9 Å². The predicted molar refractivity (Wildman–Crippen MR) is 89.9 cm³/mol. The summed E-state index contributed by atoms with van der Waals surface area (Å²) in [6.07, 6.45) is 5.25. The van der Waals surface area contributed by atoms with Crippen molar-refractivity contribution in [3.63, 3.8) is 0 Å². The number of ether oxygens (including phenoxy) is 1. The number of nitrogen functional groups attached to an aromatic ring is 1. The van der Waals surface area contributed by atoms with Gasteiger partial charge in [-0.25, -0.2) is 0 Å². The highest BCUT2D eigenvalue weighted by atomic mass is 16.5. The topological polar surface area (TPSA) is 140 Å². The van der Waals surface area contributed by atoms with Gasteiger partial charge in [0.15, 0.2) is 0 Å². The SMILES string of the molecule is CC.COC=O.Nc1nnc(CNC(=O)C2CCCCC2)c(=O)[nH]1. The summed E-state index contributed by atoms with van der Waals surface area (Å²) < 4.78 is 3.86. The van der Waals surface area contributed by atoms with Gasteiger partial charge in [-0.3, -0.25) is 19.4 Å². The van der Waals surface area contributed by atoms with E-state index in [9.17, 15) is 9.59 Å². The van der Waals surface area contributed by atoms with Crippen molar-refractivity contribution in [1.82, 2.24) is 20.5 Å². The molecular weight excluding hydrogens is 314 g/mol. The number of nitrogens with one attached hydrogen (secondary N) is 2. The van der Waals surface area contributed by atoms with E-state index in [1.165, 1.54) is 13.5 Å². The molecule has 1 fully saturated rings. The quantitative estimate of drug-likeness (QED) is 0.687. The van der Waals surface area contributed by atoms with E-state index in [0.717, 1.165) is 25.7 Å². The maximum absolute atomic E-state index is 11.9. The van der Waals surface area contributed by atoms with Crippen LogP contribution in [0.1, 0.15) is 51.6 Å². The molecule has 0 aliphatic heterocycles. The highest BCUT2D eigenvalue weighted by molar-refractivity contribution is 5.78. The average molecular weight is 341 g/mol. The van der Waals surface area contributed by atoms with Crippen molar-refractivity contribution in [3.05, 3.63) is 16.0 Å². The van der Waals surface area contributed by atoms with Crippen molar-refractivity contribution in [2.24, 2.45) is 5.92 Å². The maximum Gasteiger partial charge on any atom is 0.292 e. The minimum Gasteiger partial charge on any atom is -0.471 e. The first kappa shape index (κ1) is 21.6. The van der Waals surface area contributed by atoms with Crippen LogP contribution in [0.15, 0.2) is 4.79 Å². The number of anilines is 1. The number of methoxy groups -OCH3 is 1. The van der Waals surface area contributed by atoms with Gasteiger partial charge in [0.1, 0.15) is 5.69 Å². The van der Waals surface area contributed by atoms with Crippen LogP contribution >= 0.6 is 0 Å². The van der Waals surface area contributed by atoms with E-state index in [0.29, 0.717) is 6.47 Å². The largest absolute Gasteiger partial charge is 0.471 e. The van der Waals surface area contributed by atoms with E-state index in [4.69, 9.17) is 10.5 Å². The third kappa shape index (κ3) is 8.25. The van der Waals surface area contributed by atoms with Crippen LogP contribution in [0.5, 0.6) is 0 Å².